The Morgan fingerprint density at radius 1 is 0.594 bits per heavy atom. The Kier molecular flexibility index (Phi) is 4.58. The zero-order valence-electron chi connectivity index (χ0n) is 17.6. The highest BCUT2D eigenvalue weighted by Crippen LogP contribution is 2.42. The third-order valence-electron chi connectivity index (χ3n) is 5.97. The van der Waals surface area contributed by atoms with Gasteiger partial charge in [0.25, 0.3) is 0 Å². The third-order valence-corrected chi connectivity index (χ3v) is 5.97. The minimum atomic E-state index is 0.692. The minimum absolute atomic E-state index is 0.692. The third kappa shape index (κ3) is 3.28. The van der Waals surface area contributed by atoms with E-state index < -0.39 is 0 Å². The lowest BCUT2D eigenvalue weighted by Crippen LogP contribution is -2.03. The molecule has 0 amide bonds. The molecule has 0 fully saturated rings. The van der Waals surface area contributed by atoms with Crippen LogP contribution in [-0.4, -0.2) is 15.0 Å². The van der Waals surface area contributed by atoms with Gasteiger partial charge in [0.15, 0.2) is 17.5 Å². The predicted octanol–water partition coefficient (Wildman–Crippen LogP) is 6.68. The molecule has 0 radical (unpaired) electrons. The molecule has 152 valence electrons. The number of hydrogen-bond acceptors (Lipinski definition) is 3. The molecule has 0 atom stereocenters. The van der Waals surface area contributed by atoms with E-state index in [1.807, 2.05) is 30.3 Å². The van der Waals surface area contributed by atoms with Crippen LogP contribution in [0.4, 0.5) is 0 Å². The molecule has 0 saturated heterocycles. The van der Waals surface area contributed by atoms with Crippen LogP contribution in [0.3, 0.4) is 0 Å². The normalized spacial score (nSPS) is 13.9. The first-order valence-electron chi connectivity index (χ1n) is 10.9. The summed E-state index contributed by atoms with van der Waals surface area (Å²) in [6.07, 6.45) is 12.4. The topological polar surface area (TPSA) is 38.7 Å². The summed E-state index contributed by atoms with van der Waals surface area (Å²) in [4.78, 5) is 14.8. The molecule has 0 saturated carbocycles. The summed E-state index contributed by atoms with van der Waals surface area (Å²) in [6, 6.07) is 25.2. The van der Waals surface area contributed by atoms with Gasteiger partial charge in [-0.2, -0.15) is 0 Å². The molecule has 3 aromatic carbocycles. The lowest BCUT2D eigenvalue weighted by atomic mass is 9.99. The maximum absolute atomic E-state index is 4.97. The largest absolute Gasteiger partial charge is 0.208 e. The summed E-state index contributed by atoms with van der Waals surface area (Å²) in [5.74, 6) is 2.10. The molecule has 1 heterocycles. The fourth-order valence-corrected chi connectivity index (χ4v) is 4.45. The highest BCUT2D eigenvalue weighted by atomic mass is 15.0. The Morgan fingerprint density at radius 3 is 2.28 bits per heavy atom. The van der Waals surface area contributed by atoms with Gasteiger partial charge in [0.2, 0.25) is 0 Å². The van der Waals surface area contributed by atoms with E-state index in [1.54, 1.807) is 0 Å². The molecular weight excluding hydrogens is 390 g/mol. The SMILES string of the molecule is C1=CCC=CC(c2nc(-c3ccccc3)nc(-c3cccc4c3-c3ccccc3C4)n2)=C1. The van der Waals surface area contributed by atoms with Crippen LogP contribution in [0.5, 0.6) is 0 Å². The number of rotatable bonds is 3. The van der Waals surface area contributed by atoms with Gasteiger partial charge in [0, 0.05) is 16.7 Å². The highest BCUT2D eigenvalue weighted by Gasteiger charge is 2.23. The Labute approximate surface area is 187 Å². The average molecular weight is 412 g/mol. The Balaban J connectivity index is 1.59. The van der Waals surface area contributed by atoms with Crippen molar-refractivity contribution in [2.45, 2.75) is 12.8 Å². The van der Waals surface area contributed by atoms with Gasteiger partial charge in [0.05, 0.1) is 0 Å². The number of aromatic nitrogens is 3. The first-order valence-corrected chi connectivity index (χ1v) is 10.9. The van der Waals surface area contributed by atoms with Gasteiger partial charge in [0.1, 0.15) is 0 Å². The monoisotopic (exact) mass is 411 g/mol. The first-order chi connectivity index (χ1) is 15.9. The van der Waals surface area contributed by atoms with Crippen molar-refractivity contribution in [2.75, 3.05) is 0 Å². The summed E-state index contributed by atoms with van der Waals surface area (Å²) in [6.45, 7) is 0. The second-order valence-electron chi connectivity index (χ2n) is 8.03. The van der Waals surface area contributed by atoms with Gasteiger partial charge in [-0.15, -0.1) is 0 Å². The molecule has 3 nitrogen and oxygen atoms in total. The standard InChI is InChI=1S/C29H21N3/c1-2-5-12-20(11-4-1)27-30-28(21-13-6-3-7-14-21)32-29(31-27)25-18-10-16-23-19-22-15-8-9-17-24(22)26(23)25/h1,3-18H,2,19H2. The van der Waals surface area contributed by atoms with E-state index in [0.29, 0.717) is 17.5 Å². The Bertz CT molecular complexity index is 1410. The maximum atomic E-state index is 4.97. The molecule has 0 bridgehead atoms. The molecule has 0 spiro atoms. The van der Waals surface area contributed by atoms with Crippen molar-refractivity contribution in [2.24, 2.45) is 0 Å². The smallest absolute Gasteiger partial charge is 0.164 e. The van der Waals surface area contributed by atoms with E-state index in [0.717, 1.165) is 29.5 Å². The molecule has 32 heavy (non-hydrogen) atoms. The van der Waals surface area contributed by atoms with Crippen LogP contribution in [0.25, 0.3) is 39.5 Å². The zero-order valence-corrected chi connectivity index (χ0v) is 17.6. The van der Waals surface area contributed by atoms with Crippen LogP contribution in [0.1, 0.15) is 23.4 Å². The Morgan fingerprint density at radius 2 is 1.34 bits per heavy atom. The van der Waals surface area contributed by atoms with Gasteiger partial charge < -0.3 is 0 Å². The van der Waals surface area contributed by atoms with E-state index in [9.17, 15) is 0 Å². The summed E-state index contributed by atoms with van der Waals surface area (Å²) in [5.41, 5.74) is 8.23. The van der Waals surface area contributed by atoms with Crippen LogP contribution in [0, 0.1) is 0 Å². The molecule has 3 heteroatoms. The quantitative estimate of drug-likeness (QED) is 0.332. The van der Waals surface area contributed by atoms with Crippen molar-refractivity contribution in [3.8, 4) is 33.9 Å². The number of benzene rings is 3. The van der Waals surface area contributed by atoms with Crippen molar-refractivity contribution in [1.82, 2.24) is 15.0 Å². The van der Waals surface area contributed by atoms with Gasteiger partial charge >= 0.3 is 0 Å². The summed E-state index contributed by atoms with van der Waals surface area (Å²) >= 11 is 0. The minimum Gasteiger partial charge on any atom is -0.208 e. The van der Waals surface area contributed by atoms with Gasteiger partial charge in [-0.3, -0.25) is 0 Å². The van der Waals surface area contributed by atoms with Crippen molar-refractivity contribution in [1.29, 1.82) is 0 Å². The number of fused-ring (bicyclic) bond motifs is 3. The number of nitrogens with zero attached hydrogens (tertiary/aromatic N) is 3. The van der Waals surface area contributed by atoms with Crippen LogP contribution in [0.2, 0.25) is 0 Å². The van der Waals surface area contributed by atoms with Crippen LogP contribution in [0.15, 0.2) is 103 Å². The summed E-state index contributed by atoms with van der Waals surface area (Å²) < 4.78 is 0. The highest BCUT2D eigenvalue weighted by molar-refractivity contribution is 5.89. The fourth-order valence-electron chi connectivity index (χ4n) is 4.45. The van der Waals surface area contributed by atoms with Gasteiger partial charge in [-0.25, -0.2) is 15.0 Å². The zero-order chi connectivity index (χ0) is 21.3. The summed E-state index contributed by atoms with van der Waals surface area (Å²) in [7, 11) is 0. The van der Waals surface area contributed by atoms with Crippen LogP contribution >= 0.6 is 0 Å². The maximum Gasteiger partial charge on any atom is 0.164 e. The molecule has 0 N–H and O–H groups in total. The van der Waals surface area contributed by atoms with Gasteiger partial charge in [-0.1, -0.05) is 103 Å². The molecular formula is C29H21N3. The molecule has 0 unspecified atom stereocenters. The number of allylic oxidation sites excluding steroid dienone is 6. The Hall–Kier alpha value is -4.11. The van der Waals surface area contributed by atoms with E-state index in [4.69, 9.17) is 15.0 Å². The fraction of sp³-hybridized carbons (Fsp3) is 0.0690. The van der Waals surface area contributed by atoms with Crippen molar-refractivity contribution in [3.05, 3.63) is 120 Å². The van der Waals surface area contributed by atoms with E-state index in [2.05, 4.69) is 72.8 Å². The lowest BCUT2D eigenvalue weighted by Gasteiger charge is -2.12. The molecule has 2 aliphatic carbocycles. The molecule has 1 aromatic heterocycles. The van der Waals surface area contributed by atoms with Crippen LogP contribution < -0.4 is 0 Å². The molecule has 4 aromatic rings. The molecule has 0 aliphatic heterocycles. The van der Waals surface area contributed by atoms with Crippen molar-refractivity contribution < 1.29 is 0 Å². The number of hydrogen-bond donors (Lipinski definition) is 0. The van der Waals surface area contributed by atoms with Crippen molar-refractivity contribution in [3.63, 3.8) is 0 Å². The van der Waals surface area contributed by atoms with Gasteiger partial charge in [-0.05, 0) is 35.1 Å². The molecule has 6 rings (SSSR count). The lowest BCUT2D eigenvalue weighted by molar-refractivity contribution is 1.04. The predicted molar refractivity (Wildman–Crippen MR) is 130 cm³/mol. The van der Waals surface area contributed by atoms with Crippen molar-refractivity contribution >= 4 is 5.57 Å². The second-order valence-corrected chi connectivity index (χ2v) is 8.03. The van der Waals surface area contributed by atoms with E-state index >= 15 is 0 Å². The van der Waals surface area contributed by atoms with E-state index in [-0.39, 0.29) is 0 Å². The second kappa shape index (κ2) is 7.86. The average Bonchev–Trinajstić information content (AvgIpc) is 3.02. The summed E-state index contributed by atoms with van der Waals surface area (Å²) in [5, 5.41) is 0. The molecule has 2 aliphatic rings. The van der Waals surface area contributed by atoms with E-state index in [1.165, 1.54) is 22.3 Å². The van der Waals surface area contributed by atoms with Crippen LogP contribution in [-0.2, 0) is 6.42 Å². The first kappa shape index (κ1) is 18.6.